The molecule has 2 atom stereocenters. The SMILES string of the molecule is CC1(C)C2CCC1(CS(=O)(=O)[O-])C(=O)C2.CCCOc1ccc([S+](c2ccc(OCCC)cc2)c2ccc(OCCC)cc2)cc1. The zero-order chi connectivity index (χ0) is 33.4. The molecule has 0 radical (unpaired) electrons. The lowest BCUT2D eigenvalue weighted by molar-refractivity contribution is -0.128. The molecule has 0 saturated heterocycles. The van der Waals surface area contributed by atoms with Crippen molar-refractivity contribution in [1.29, 1.82) is 0 Å². The number of ketones is 1. The molecule has 250 valence electrons. The Bertz CT molecular complexity index is 1390. The smallest absolute Gasteiger partial charge is 0.166 e. The number of fused-ring (bicyclic) bond motifs is 2. The second-order valence-electron chi connectivity index (χ2n) is 12.6. The average Bonchev–Trinajstić information content (AvgIpc) is 3.37. The van der Waals surface area contributed by atoms with Crippen LogP contribution in [0.1, 0.15) is 73.1 Å². The third kappa shape index (κ3) is 8.47. The van der Waals surface area contributed by atoms with Crippen LogP contribution in [0.15, 0.2) is 87.5 Å². The summed E-state index contributed by atoms with van der Waals surface area (Å²) in [5.41, 5.74) is -1.22. The van der Waals surface area contributed by atoms with Crippen LogP contribution in [0, 0.1) is 16.7 Å². The van der Waals surface area contributed by atoms with E-state index in [-0.39, 0.29) is 28.0 Å². The number of ether oxygens (including phenoxy) is 3. The summed E-state index contributed by atoms with van der Waals surface area (Å²) in [6, 6.07) is 25.5. The Morgan fingerprint density at radius 2 is 1.09 bits per heavy atom. The van der Waals surface area contributed by atoms with Gasteiger partial charge in [-0.05, 0) is 116 Å². The van der Waals surface area contributed by atoms with Gasteiger partial charge < -0.3 is 18.8 Å². The number of carbonyl (C=O) groups is 1. The Kier molecular flexibility index (Phi) is 12.2. The first kappa shape index (κ1) is 35.8. The van der Waals surface area contributed by atoms with Crippen molar-refractivity contribution < 1.29 is 32.0 Å². The molecular formula is C37H48O7S2. The van der Waals surface area contributed by atoms with Crippen LogP contribution < -0.4 is 14.2 Å². The second-order valence-corrected chi connectivity index (χ2v) is 16.1. The summed E-state index contributed by atoms with van der Waals surface area (Å²) in [5.74, 6) is 2.47. The summed E-state index contributed by atoms with van der Waals surface area (Å²) in [6.45, 7) is 12.4. The summed E-state index contributed by atoms with van der Waals surface area (Å²) >= 11 is 0. The topological polar surface area (TPSA) is 102 Å². The van der Waals surface area contributed by atoms with E-state index < -0.39 is 21.3 Å². The van der Waals surface area contributed by atoms with Gasteiger partial charge in [-0.15, -0.1) is 0 Å². The number of hydrogen-bond acceptors (Lipinski definition) is 7. The molecule has 2 saturated carbocycles. The van der Waals surface area contributed by atoms with Crippen molar-refractivity contribution in [2.24, 2.45) is 16.7 Å². The van der Waals surface area contributed by atoms with E-state index in [2.05, 4.69) is 93.6 Å². The van der Waals surface area contributed by atoms with Gasteiger partial charge in [0.15, 0.2) is 14.7 Å². The van der Waals surface area contributed by atoms with Gasteiger partial charge in [0.2, 0.25) is 0 Å². The van der Waals surface area contributed by atoms with E-state index in [0.717, 1.165) is 62.8 Å². The molecule has 3 aromatic rings. The lowest BCUT2D eigenvalue weighted by Gasteiger charge is -2.37. The van der Waals surface area contributed by atoms with Gasteiger partial charge in [-0.2, -0.15) is 0 Å². The van der Waals surface area contributed by atoms with Crippen LogP contribution in [0.5, 0.6) is 17.2 Å². The first-order chi connectivity index (χ1) is 21.9. The van der Waals surface area contributed by atoms with Crippen molar-refractivity contribution in [2.45, 2.75) is 87.8 Å². The Morgan fingerprint density at radius 3 is 1.35 bits per heavy atom. The summed E-state index contributed by atoms with van der Waals surface area (Å²) < 4.78 is 50.0. The standard InChI is InChI=1S/C27H33O3S.C10H16O4S/c1-4-19-28-22-7-13-25(14-8-22)31(26-15-9-23(10-16-26)29-20-5-2)27-17-11-24(12-18-27)30-21-6-3;1-9(2)7-3-4-10(9,8(11)5-7)6-15(12,13)14/h7-18H,4-6,19-21H2,1-3H3;7H,3-6H2,1-2H3,(H,12,13,14)/q+1;/p-1. The van der Waals surface area contributed by atoms with Gasteiger partial charge in [0, 0.05) is 11.8 Å². The minimum absolute atomic E-state index is 0.0248. The van der Waals surface area contributed by atoms with Crippen LogP contribution in [0.25, 0.3) is 0 Å². The van der Waals surface area contributed by atoms with Crippen LogP contribution in [-0.4, -0.2) is 44.3 Å². The molecule has 7 nitrogen and oxygen atoms in total. The van der Waals surface area contributed by atoms with Crippen LogP contribution in [0.4, 0.5) is 0 Å². The molecule has 5 rings (SSSR count). The third-order valence-corrected chi connectivity index (χ3v) is 12.2. The molecule has 2 aliphatic carbocycles. The molecule has 0 spiro atoms. The fraction of sp³-hybridized carbons (Fsp3) is 0.486. The van der Waals surface area contributed by atoms with Crippen LogP contribution in [0.2, 0.25) is 0 Å². The predicted molar refractivity (Wildman–Crippen MR) is 182 cm³/mol. The molecule has 2 aliphatic rings. The van der Waals surface area contributed by atoms with Crippen molar-refractivity contribution in [2.75, 3.05) is 25.6 Å². The van der Waals surface area contributed by atoms with Gasteiger partial charge >= 0.3 is 0 Å². The van der Waals surface area contributed by atoms with E-state index in [9.17, 15) is 17.8 Å². The molecule has 2 bridgehead atoms. The maximum atomic E-state index is 11.8. The first-order valence-corrected chi connectivity index (χ1v) is 19.1. The molecule has 3 aromatic carbocycles. The van der Waals surface area contributed by atoms with E-state index in [1.54, 1.807) is 0 Å². The molecule has 2 fully saturated rings. The van der Waals surface area contributed by atoms with Crippen LogP contribution in [0.3, 0.4) is 0 Å². The molecule has 46 heavy (non-hydrogen) atoms. The fourth-order valence-corrected chi connectivity index (χ4v) is 9.82. The monoisotopic (exact) mass is 668 g/mol. The highest BCUT2D eigenvalue weighted by Crippen LogP contribution is 2.64. The van der Waals surface area contributed by atoms with Gasteiger partial charge in [0.25, 0.3) is 0 Å². The highest BCUT2D eigenvalue weighted by molar-refractivity contribution is 7.97. The van der Waals surface area contributed by atoms with Crippen molar-refractivity contribution >= 4 is 26.8 Å². The quantitative estimate of drug-likeness (QED) is 0.126. The Hall–Kier alpha value is -3.01. The molecule has 0 aromatic heterocycles. The number of carbonyl (C=O) groups excluding carboxylic acids is 1. The fourth-order valence-electron chi connectivity index (χ4n) is 6.49. The maximum absolute atomic E-state index is 11.8. The predicted octanol–water partition coefficient (Wildman–Crippen LogP) is 8.08. The zero-order valence-electron chi connectivity index (χ0n) is 27.8. The highest BCUT2D eigenvalue weighted by atomic mass is 32.2. The van der Waals surface area contributed by atoms with E-state index >= 15 is 0 Å². The minimum atomic E-state index is -4.33. The van der Waals surface area contributed by atoms with Crippen molar-refractivity contribution in [3.63, 3.8) is 0 Å². The van der Waals surface area contributed by atoms with Gasteiger partial charge in [0.1, 0.15) is 23.0 Å². The Labute approximate surface area is 278 Å². The first-order valence-electron chi connectivity index (χ1n) is 16.3. The summed E-state index contributed by atoms with van der Waals surface area (Å²) in [4.78, 5) is 15.6. The molecule has 9 heteroatoms. The summed E-state index contributed by atoms with van der Waals surface area (Å²) in [6.07, 6.45) is 4.89. The van der Waals surface area contributed by atoms with E-state index in [1.165, 1.54) is 14.7 Å². The van der Waals surface area contributed by atoms with Crippen molar-refractivity contribution in [3.05, 3.63) is 72.8 Å². The summed E-state index contributed by atoms with van der Waals surface area (Å²) in [7, 11) is -4.55. The van der Waals surface area contributed by atoms with Crippen LogP contribution >= 0.6 is 0 Å². The number of rotatable bonds is 14. The number of hydrogen-bond donors (Lipinski definition) is 0. The van der Waals surface area contributed by atoms with Crippen molar-refractivity contribution in [1.82, 2.24) is 0 Å². The molecule has 0 N–H and O–H groups in total. The number of benzene rings is 3. The average molecular weight is 669 g/mol. The largest absolute Gasteiger partial charge is 0.748 e. The lowest BCUT2D eigenvalue weighted by atomic mass is 9.70. The molecular weight excluding hydrogens is 621 g/mol. The van der Waals surface area contributed by atoms with Crippen molar-refractivity contribution in [3.8, 4) is 17.2 Å². The highest BCUT2D eigenvalue weighted by Gasteiger charge is 2.64. The Balaban J connectivity index is 0.000000266. The van der Waals surface area contributed by atoms with Gasteiger partial charge in [-0.1, -0.05) is 34.6 Å². The normalized spacial score (nSPS) is 19.9. The van der Waals surface area contributed by atoms with Gasteiger partial charge in [-0.25, -0.2) is 8.42 Å². The minimum Gasteiger partial charge on any atom is -0.748 e. The second kappa shape index (κ2) is 15.7. The molecule has 0 amide bonds. The molecule has 0 aliphatic heterocycles. The third-order valence-electron chi connectivity index (χ3n) is 9.16. The lowest BCUT2D eigenvalue weighted by Crippen LogP contribution is -2.42. The molecule has 0 heterocycles. The molecule has 2 unspecified atom stereocenters. The van der Waals surface area contributed by atoms with Gasteiger partial charge in [-0.3, -0.25) is 4.79 Å². The summed E-state index contributed by atoms with van der Waals surface area (Å²) in [5, 5.41) is 0. The van der Waals surface area contributed by atoms with E-state index in [4.69, 9.17) is 14.2 Å². The van der Waals surface area contributed by atoms with Crippen LogP contribution in [-0.2, 0) is 25.8 Å². The van der Waals surface area contributed by atoms with E-state index in [1.807, 2.05) is 13.8 Å². The van der Waals surface area contributed by atoms with E-state index in [0.29, 0.717) is 12.8 Å². The Morgan fingerprint density at radius 1 is 0.717 bits per heavy atom. The maximum Gasteiger partial charge on any atom is 0.166 e. The zero-order valence-corrected chi connectivity index (χ0v) is 29.4. The van der Waals surface area contributed by atoms with Gasteiger partial charge in [0.05, 0.1) is 46.6 Å². The number of Topliss-reactive ketones (excluding diaryl/α,β-unsaturated/α-hetero) is 1.